The van der Waals surface area contributed by atoms with Gasteiger partial charge < -0.3 is 9.64 Å². The Balaban J connectivity index is 1.34. The lowest BCUT2D eigenvalue weighted by Crippen LogP contribution is -2.46. The molecule has 11 nitrogen and oxygen atoms in total. The van der Waals surface area contributed by atoms with Crippen LogP contribution in [0.2, 0.25) is 0 Å². The van der Waals surface area contributed by atoms with Crippen molar-refractivity contribution in [3.05, 3.63) is 85.0 Å². The molecule has 4 aromatic rings. The molecule has 1 atom stereocenters. The number of amides is 1. The molecular weight excluding hydrogens is 669 g/mol. The molecule has 0 bridgehead atoms. The SMILES string of the molecule is Cc1cc(C)n(-c2nc3c(c(=O)n2-c2ccc(OCCN4CCCC4)nn2)CC(C)N(C(=O)c2ccc(Br)c(C(F)(F)F)c2)C3)n1. The molecule has 0 aliphatic carbocycles. The molecule has 1 unspecified atom stereocenters. The molecule has 242 valence electrons. The van der Waals surface area contributed by atoms with Crippen molar-refractivity contribution in [3.63, 3.8) is 0 Å². The Kier molecular flexibility index (Phi) is 8.72. The van der Waals surface area contributed by atoms with Crippen LogP contribution in [0.1, 0.15) is 58.3 Å². The van der Waals surface area contributed by atoms with Crippen LogP contribution in [0.25, 0.3) is 11.8 Å². The molecule has 0 N–H and O–H groups in total. The summed E-state index contributed by atoms with van der Waals surface area (Å²) >= 11 is 2.93. The van der Waals surface area contributed by atoms with E-state index in [0.29, 0.717) is 35.1 Å². The van der Waals surface area contributed by atoms with Crippen LogP contribution in [-0.4, -0.2) is 77.5 Å². The van der Waals surface area contributed by atoms with Gasteiger partial charge in [-0.15, -0.1) is 10.2 Å². The van der Waals surface area contributed by atoms with Gasteiger partial charge in [0, 0.05) is 39.9 Å². The quantitative estimate of drug-likeness (QED) is 0.274. The number of alkyl halides is 3. The van der Waals surface area contributed by atoms with Crippen molar-refractivity contribution in [3.8, 4) is 17.6 Å². The summed E-state index contributed by atoms with van der Waals surface area (Å²) in [6, 6.07) is 8.01. The normalized spacial score (nSPS) is 16.9. The molecule has 2 aliphatic heterocycles. The molecule has 0 spiro atoms. The van der Waals surface area contributed by atoms with E-state index in [9.17, 15) is 22.8 Å². The third-order valence-electron chi connectivity index (χ3n) is 8.29. The number of carbonyl (C=O) groups excluding carboxylic acids is 1. The van der Waals surface area contributed by atoms with Crippen LogP contribution in [0.3, 0.4) is 0 Å². The zero-order chi connectivity index (χ0) is 32.7. The van der Waals surface area contributed by atoms with Crippen LogP contribution in [-0.2, 0) is 19.1 Å². The number of hydrogen-bond donors (Lipinski definition) is 0. The minimum atomic E-state index is -4.64. The van der Waals surface area contributed by atoms with Crippen LogP contribution >= 0.6 is 15.9 Å². The van der Waals surface area contributed by atoms with Gasteiger partial charge in [0.25, 0.3) is 11.5 Å². The van der Waals surface area contributed by atoms with Gasteiger partial charge in [-0.25, -0.2) is 14.2 Å². The molecule has 1 amide bonds. The summed E-state index contributed by atoms with van der Waals surface area (Å²) in [5.41, 5.74) is 0.659. The monoisotopic (exact) mass is 700 g/mol. The minimum Gasteiger partial charge on any atom is -0.475 e. The van der Waals surface area contributed by atoms with Gasteiger partial charge in [-0.05, 0) is 83.5 Å². The Morgan fingerprint density at radius 3 is 2.50 bits per heavy atom. The first-order valence-corrected chi connectivity index (χ1v) is 15.8. The van der Waals surface area contributed by atoms with E-state index >= 15 is 0 Å². The second-order valence-corrected chi connectivity index (χ2v) is 12.5. The van der Waals surface area contributed by atoms with Gasteiger partial charge in [0.15, 0.2) is 5.82 Å². The Morgan fingerprint density at radius 2 is 1.85 bits per heavy atom. The summed E-state index contributed by atoms with van der Waals surface area (Å²) in [5, 5.41) is 13.0. The molecule has 2 aliphatic rings. The second kappa shape index (κ2) is 12.6. The number of hydrogen-bond acceptors (Lipinski definition) is 8. The Bertz CT molecular complexity index is 1830. The molecule has 0 radical (unpaired) electrons. The molecule has 1 saturated heterocycles. The molecule has 1 aromatic carbocycles. The summed E-state index contributed by atoms with van der Waals surface area (Å²) in [5.74, 6) is 0.103. The summed E-state index contributed by atoms with van der Waals surface area (Å²) in [6.07, 6.45) is -2.12. The van der Waals surface area contributed by atoms with Crippen molar-refractivity contribution in [2.24, 2.45) is 0 Å². The number of likely N-dealkylation sites (tertiary alicyclic amines) is 1. The number of rotatable bonds is 7. The van der Waals surface area contributed by atoms with Crippen LogP contribution < -0.4 is 10.3 Å². The molecule has 3 aromatic heterocycles. The van der Waals surface area contributed by atoms with Crippen molar-refractivity contribution in [1.82, 2.24) is 39.3 Å². The summed E-state index contributed by atoms with van der Waals surface area (Å²) in [4.78, 5) is 36.3. The second-order valence-electron chi connectivity index (χ2n) is 11.6. The lowest BCUT2D eigenvalue weighted by atomic mass is 9.98. The van der Waals surface area contributed by atoms with E-state index in [-0.39, 0.29) is 34.8 Å². The third-order valence-corrected chi connectivity index (χ3v) is 8.98. The maximum absolute atomic E-state index is 14.2. The average Bonchev–Trinajstić information content (AvgIpc) is 3.65. The zero-order valence-electron chi connectivity index (χ0n) is 25.5. The number of benzene rings is 1. The highest BCUT2D eigenvalue weighted by atomic mass is 79.9. The first-order chi connectivity index (χ1) is 21.9. The van der Waals surface area contributed by atoms with Crippen molar-refractivity contribution >= 4 is 21.8 Å². The molecular formula is C31H32BrF3N8O3. The minimum absolute atomic E-state index is 0.0788. The van der Waals surface area contributed by atoms with Crippen LogP contribution in [0, 0.1) is 13.8 Å². The zero-order valence-corrected chi connectivity index (χ0v) is 27.1. The first-order valence-electron chi connectivity index (χ1n) is 15.0. The van der Waals surface area contributed by atoms with Gasteiger partial charge in [-0.1, -0.05) is 15.9 Å². The van der Waals surface area contributed by atoms with E-state index in [4.69, 9.17) is 9.72 Å². The van der Waals surface area contributed by atoms with Gasteiger partial charge in [-0.2, -0.15) is 18.3 Å². The maximum Gasteiger partial charge on any atom is 0.417 e. The largest absolute Gasteiger partial charge is 0.475 e. The number of ether oxygens (including phenoxy) is 1. The predicted octanol–water partition coefficient (Wildman–Crippen LogP) is 4.67. The van der Waals surface area contributed by atoms with Gasteiger partial charge in [0.1, 0.15) is 6.61 Å². The third kappa shape index (κ3) is 6.30. The maximum atomic E-state index is 14.2. The summed E-state index contributed by atoms with van der Waals surface area (Å²) in [6.45, 7) is 8.69. The first kappa shape index (κ1) is 31.9. The molecule has 5 heterocycles. The fourth-order valence-corrected chi connectivity index (χ4v) is 6.41. The van der Waals surface area contributed by atoms with Crippen molar-refractivity contribution in [2.45, 2.75) is 58.8 Å². The molecule has 6 rings (SSSR count). The van der Waals surface area contributed by atoms with Crippen LogP contribution in [0.5, 0.6) is 5.88 Å². The standard InChI is InChI=1S/C31H32BrF3N8O3/c1-18-14-20(3)43(39-18)30-36-25-17-41(28(44)21-6-7-24(32)23(16-21)31(33,34)35)19(2)15-22(25)29(45)42(30)26-8-9-27(38-37-26)46-13-12-40-10-4-5-11-40/h6-9,14,16,19H,4-5,10-13,15,17H2,1-3H3. The van der Waals surface area contributed by atoms with Crippen molar-refractivity contribution in [1.29, 1.82) is 0 Å². The predicted molar refractivity (Wildman–Crippen MR) is 165 cm³/mol. The van der Waals surface area contributed by atoms with Crippen molar-refractivity contribution in [2.75, 3.05) is 26.2 Å². The van der Waals surface area contributed by atoms with E-state index in [0.717, 1.165) is 25.7 Å². The summed E-state index contributed by atoms with van der Waals surface area (Å²) < 4.78 is 49.2. The van der Waals surface area contributed by atoms with E-state index in [1.165, 1.54) is 39.1 Å². The van der Waals surface area contributed by atoms with E-state index in [1.807, 2.05) is 19.9 Å². The topological polar surface area (TPSA) is 111 Å². The molecule has 46 heavy (non-hydrogen) atoms. The lowest BCUT2D eigenvalue weighted by Gasteiger charge is -2.34. The number of fused-ring (bicyclic) bond motifs is 1. The number of halogens is 4. The van der Waals surface area contributed by atoms with Crippen molar-refractivity contribution < 1.29 is 22.7 Å². The Morgan fingerprint density at radius 1 is 1.09 bits per heavy atom. The van der Waals surface area contributed by atoms with E-state index in [1.54, 1.807) is 19.1 Å². The lowest BCUT2D eigenvalue weighted by molar-refractivity contribution is -0.138. The fourth-order valence-electron chi connectivity index (χ4n) is 5.93. The molecule has 0 saturated carbocycles. The van der Waals surface area contributed by atoms with Gasteiger partial charge in [-0.3, -0.25) is 14.5 Å². The summed E-state index contributed by atoms with van der Waals surface area (Å²) in [7, 11) is 0. The van der Waals surface area contributed by atoms with Crippen LogP contribution in [0.4, 0.5) is 13.2 Å². The number of aryl methyl sites for hydroxylation is 2. The Labute approximate surface area is 271 Å². The fraction of sp³-hybridized carbons (Fsp3) is 0.419. The van der Waals surface area contributed by atoms with Gasteiger partial charge >= 0.3 is 6.18 Å². The van der Waals surface area contributed by atoms with Gasteiger partial charge in [0.2, 0.25) is 11.8 Å². The van der Waals surface area contributed by atoms with Gasteiger partial charge in [0.05, 0.1) is 23.5 Å². The average molecular weight is 702 g/mol. The highest BCUT2D eigenvalue weighted by Gasteiger charge is 2.36. The van der Waals surface area contributed by atoms with E-state index in [2.05, 4.69) is 36.1 Å². The number of aromatic nitrogens is 6. The van der Waals surface area contributed by atoms with E-state index < -0.39 is 29.2 Å². The number of carbonyl (C=O) groups is 1. The Hall–Kier alpha value is -4.11. The number of nitrogens with zero attached hydrogens (tertiary/aromatic N) is 8. The molecule has 15 heteroatoms. The highest BCUT2D eigenvalue weighted by molar-refractivity contribution is 9.10. The molecule has 1 fully saturated rings. The smallest absolute Gasteiger partial charge is 0.417 e. The highest BCUT2D eigenvalue weighted by Crippen LogP contribution is 2.36. The van der Waals surface area contributed by atoms with Crippen LogP contribution in [0.15, 0.2) is 45.7 Å².